The Morgan fingerprint density at radius 1 is 1.53 bits per heavy atom. The number of anilines is 1. The van der Waals surface area contributed by atoms with E-state index in [1.807, 2.05) is 0 Å². The van der Waals surface area contributed by atoms with Gasteiger partial charge in [0.05, 0.1) is 10.6 Å². The molecule has 7 nitrogen and oxygen atoms in total. The Balaban J connectivity index is 2.37. The third-order valence-electron chi connectivity index (χ3n) is 2.62. The van der Waals surface area contributed by atoms with Crippen LogP contribution < -0.4 is 10.6 Å². The van der Waals surface area contributed by atoms with Crippen molar-refractivity contribution in [1.29, 1.82) is 0 Å². The molecular weight excluding hydrogens is 226 g/mol. The number of phenolic OH excluding ortho intramolecular Hbond substituents is 1. The molecule has 90 valence electrons. The second kappa shape index (κ2) is 4.02. The third-order valence-corrected chi connectivity index (χ3v) is 2.62. The van der Waals surface area contributed by atoms with Gasteiger partial charge in [-0.25, -0.2) is 0 Å². The Morgan fingerprint density at radius 3 is 2.76 bits per heavy atom. The van der Waals surface area contributed by atoms with Gasteiger partial charge in [0.2, 0.25) is 5.91 Å². The van der Waals surface area contributed by atoms with Crippen LogP contribution in [-0.2, 0) is 4.79 Å². The zero-order chi connectivity index (χ0) is 12.6. The molecule has 1 aliphatic rings. The number of amides is 1. The summed E-state index contributed by atoms with van der Waals surface area (Å²) in [7, 11) is 0. The zero-order valence-corrected chi connectivity index (χ0v) is 8.87. The number of aromatic hydroxyl groups is 1. The monoisotopic (exact) mass is 237 g/mol. The molecule has 17 heavy (non-hydrogen) atoms. The molecule has 1 saturated heterocycles. The molecule has 0 saturated carbocycles. The zero-order valence-electron chi connectivity index (χ0n) is 8.87. The van der Waals surface area contributed by atoms with E-state index in [1.165, 1.54) is 23.1 Å². The van der Waals surface area contributed by atoms with E-state index in [9.17, 15) is 20.0 Å². The molecule has 0 aliphatic carbocycles. The van der Waals surface area contributed by atoms with Crippen molar-refractivity contribution in [2.24, 2.45) is 5.73 Å². The van der Waals surface area contributed by atoms with Crippen molar-refractivity contribution in [2.75, 3.05) is 11.4 Å². The van der Waals surface area contributed by atoms with E-state index in [-0.39, 0.29) is 18.4 Å². The second-order valence-electron chi connectivity index (χ2n) is 3.90. The van der Waals surface area contributed by atoms with Gasteiger partial charge in [-0.1, -0.05) is 0 Å². The highest BCUT2D eigenvalue weighted by Crippen LogP contribution is 2.31. The number of hydrogen-bond acceptors (Lipinski definition) is 5. The molecule has 0 aromatic heterocycles. The standard InChI is InChI=1S/C10H11N3O4/c11-6-3-10(15)12(5-6)7-1-2-9(14)8(4-7)13(16)17/h1-2,4,6,14H,3,5,11H2. The molecule has 0 spiro atoms. The molecule has 1 aliphatic heterocycles. The molecule has 1 heterocycles. The van der Waals surface area contributed by atoms with Crippen LogP contribution in [0.5, 0.6) is 5.75 Å². The summed E-state index contributed by atoms with van der Waals surface area (Å²) in [5, 5.41) is 19.9. The highest BCUT2D eigenvalue weighted by atomic mass is 16.6. The highest BCUT2D eigenvalue weighted by Gasteiger charge is 2.29. The summed E-state index contributed by atoms with van der Waals surface area (Å²) >= 11 is 0. The Labute approximate surface area is 96.6 Å². The van der Waals surface area contributed by atoms with Crippen molar-refractivity contribution < 1.29 is 14.8 Å². The molecular formula is C10H11N3O4. The SMILES string of the molecule is NC1CC(=O)N(c2ccc(O)c([N+](=O)[O-])c2)C1. The van der Waals surface area contributed by atoms with Crippen LogP contribution >= 0.6 is 0 Å². The van der Waals surface area contributed by atoms with Crippen molar-refractivity contribution in [2.45, 2.75) is 12.5 Å². The van der Waals surface area contributed by atoms with E-state index in [0.717, 1.165) is 0 Å². The lowest BCUT2D eigenvalue weighted by molar-refractivity contribution is -0.385. The first kappa shape index (κ1) is 11.3. The van der Waals surface area contributed by atoms with Crippen LogP contribution in [0.4, 0.5) is 11.4 Å². The summed E-state index contributed by atoms with van der Waals surface area (Å²) in [6.07, 6.45) is 0.231. The maximum Gasteiger partial charge on any atom is 0.312 e. The molecule has 1 aromatic carbocycles. The molecule has 7 heteroatoms. The van der Waals surface area contributed by atoms with Crippen molar-refractivity contribution in [3.8, 4) is 5.75 Å². The number of rotatable bonds is 2. The molecule has 2 rings (SSSR count). The molecule has 0 radical (unpaired) electrons. The van der Waals surface area contributed by atoms with Crippen LogP contribution in [0.2, 0.25) is 0 Å². The number of nitro groups is 1. The van der Waals surface area contributed by atoms with Gasteiger partial charge in [-0.05, 0) is 12.1 Å². The minimum atomic E-state index is -0.695. The summed E-state index contributed by atoms with van der Waals surface area (Å²) in [4.78, 5) is 22.9. The second-order valence-corrected chi connectivity index (χ2v) is 3.90. The number of nitrogens with zero attached hydrogens (tertiary/aromatic N) is 2. The first-order chi connectivity index (χ1) is 7.99. The van der Waals surface area contributed by atoms with E-state index in [2.05, 4.69) is 0 Å². The molecule has 1 atom stereocenters. The average molecular weight is 237 g/mol. The fourth-order valence-electron chi connectivity index (χ4n) is 1.81. The molecule has 1 fully saturated rings. The maximum absolute atomic E-state index is 11.6. The number of nitro benzene ring substituents is 1. The lowest BCUT2D eigenvalue weighted by Gasteiger charge is -2.15. The van der Waals surface area contributed by atoms with Gasteiger partial charge in [0.1, 0.15) is 0 Å². The lowest BCUT2D eigenvalue weighted by Crippen LogP contribution is -2.27. The predicted molar refractivity (Wildman–Crippen MR) is 59.7 cm³/mol. The molecule has 1 unspecified atom stereocenters. The van der Waals surface area contributed by atoms with E-state index >= 15 is 0 Å². The van der Waals surface area contributed by atoms with Crippen LogP contribution in [0.15, 0.2) is 18.2 Å². The van der Waals surface area contributed by atoms with Gasteiger partial charge in [0.25, 0.3) is 0 Å². The molecule has 1 aromatic rings. The van der Waals surface area contributed by atoms with Gasteiger partial charge in [0.15, 0.2) is 5.75 Å². The largest absolute Gasteiger partial charge is 0.502 e. The summed E-state index contributed by atoms with van der Waals surface area (Å²) in [5.74, 6) is -0.591. The number of hydrogen-bond donors (Lipinski definition) is 2. The maximum atomic E-state index is 11.6. The number of phenols is 1. The van der Waals surface area contributed by atoms with Gasteiger partial charge in [0, 0.05) is 25.1 Å². The Bertz CT molecular complexity index is 488. The smallest absolute Gasteiger partial charge is 0.312 e. The van der Waals surface area contributed by atoms with Crippen LogP contribution in [0.25, 0.3) is 0 Å². The highest BCUT2D eigenvalue weighted by molar-refractivity contribution is 5.96. The fraction of sp³-hybridized carbons (Fsp3) is 0.300. The van der Waals surface area contributed by atoms with Crippen molar-refractivity contribution in [3.63, 3.8) is 0 Å². The summed E-state index contributed by atoms with van der Waals surface area (Å²) < 4.78 is 0. The van der Waals surface area contributed by atoms with E-state index in [4.69, 9.17) is 5.73 Å². The van der Waals surface area contributed by atoms with Gasteiger partial charge in [-0.15, -0.1) is 0 Å². The van der Waals surface area contributed by atoms with Crippen molar-refractivity contribution in [3.05, 3.63) is 28.3 Å². The van der Waals surface area contributed by atoms with E-state index in [0.29, 0.717) is 12.2 Å². The fourth-order valence-corrected chi connectivity index (χ4v) is 1.81. The lowest BCUT2D eigenvalue weighted by atomic mass is 10.2. The van der Waals surface area contributed by atoms with E-state index < -0.39 is 16.4 Å². The van der Waals surface area contributed by atoms with Crippen LogP contribution in [0.1, 0.15) is 6.42 Å². The van der Waals surface area contributed by atoms with Gasteiger partial charge < -0.3 is 15.7 Å². The van der Waals surface area contributed by atoms with Crippen LogP contribution in [0.3, 0.4) is 0 Å². The first-order valence-corrected chi connectivity index (χ1v) is 5.02. The van der Waals surface area contributed by atoms with E-state index in [1.54, 1.807) is 0 Å². The summed E-state index contributed by atoms with van der Waals surface area (Å²) in [6.45, 7) is 0.334. The number of carbonyl (C=O) groups excluding carboxylic acids is 1. The van der Waals surface area contributed by atoms with Crippen LogP contribution in [-0.4, -0.2) is 28.5 Å². The van der Waals surface area contributed by atoms with Crippen LogP contribution in [0, 0.1) is 10.1 Å². The third kappa shape index (κ3) is 2.04. The number of nitrogens with two attached hydrogens (primary N) is 1. The van der Waals surface area contributed by atoms with Gasteiger partial charge >= 0.3 is 5.69 Å². The normalized spacial score (nSPS) is 19.7. The summed E-state index contributed by atoms with van der Waals surface area (Å²) in [5.41, 5.74) is 5.60. The average Bonchev–Trinajstić information content (AvgIpc) is 2.58. The molecule has 1 amide bonds. The molecule has 3 N–H and O–H groups in total. The first-order valence-electron chi connectivity index (χ1n) is 5.02. The minimum absolute atomic E-state index is 0.169. The van der Waals surface area contributed by atoms with Crippen molar-refractivity contribution in [1.82, 2.24) is 0 Å². The summed E-state index contributed by atoms with van der Waals surface area (Å²) in [6, 6.07) is 3.57. The topological polar surface area (TPSA) is 110 Å². The number of carbonyl (C=O) groups is 1. The molecule has 0 bridgehead atoms. The quantitative estimate of drug-likeness (QED) is 0.570. The Kier molecular flexibility index (Phi) is 2.68. The number of benzene rings is 1. The van der Waals surface area contributed by atoms with Gasteiger partial charge in [-0.2, -0.15) is 0 Å². The van der Waals surface area contributed by atoms with Crippen molar-refractivity contribution >= 4 is 17.3 Å². The predicted octanol–water partition coefficient (Wildman–Crippen LogP) is 0.364. The minimum Gasteiger partial charge on any atom is -0.502 e. The Hall–Kier alpha value is -2.15. The van der Waals surface area contributed by atoms with Gasteiger partial charge in [-0.3, -0.25) is 14.9 Å². The Morgan fingerprint density at radius 2 is 2.24 bits per heavy atom.